The van der Waals surface area contributed by atoms with Crippen LogP contribution in [0.4, 0.5) is 16.1 Å². The Labute approximate surface area is 163 Å². The summed E-state index contributed by atoms with van der Waals surface area (Å²) in [5, 5.41) is 10.5. The molecule has 3 aromatic rings. The molecule has 0 atom stereocenters. The first kappa shape index (κ1) is 18.9. The van der Waals surface area contributed by atoms with E-state index in [1.54, 1.807) is 18.5 Å². The molecule has 0 saturated carbocycles. The number of anilines is 3. The van der Waals surface area contributed by atoms with Crippen molar-refractivity contribution in [2.45, 2.75) is 19.8 Å². The van der Waals surface area contributed by atoms with Gasteiger partial charge in [-0.25, -0.2) is 15.0 Å². The van der Waals surface area contributed by atoms with E-state index in [0.29, 0.717) is 34.1 Å². The van der Waals surface area contributed by atoms with Crippen LogP contribution in [0.2, 0.25) is 0 Å². The number of rotatable bonds is 8. The van der Waals surface area contributed by atoms with Gasteiger partial charge >= 0.3 is 5.97 Å². The summed E-state index contributed by atoms with van der Waals surface area (Å²) in [6, 6.07) is 5.55. The third-order valence-electron chi connectivity index (χ3n) is 3.22. The Morgan fingerprint density at radius 3 is 2.56 bits per heavy atom. The van der Waals surface area contributed by atoms with Crippen molar-refractivity contribution in [3.8, 4) is 0 Å². The van der Waals surface area contributed by atoms with Crippen molar-refractivity contribution in [2.75, 3.05) is 17.2 Å². The number of aromatic nitrogens is 3. The van der Waals surface area contributed by atoms with E-state index in [-0.39, 0.29) is 24.7 Å². The second-order valence-electron chi connectivity index (χ2n) is 5.33. The Bertz CT molecular complexity index is 910. The van der Waals surface area contributed by atoms with Crippen molar-refractivity contribution in [3.63, 3.8) is 0 Å². The molecule has 0 spiro atoms. The van der Waals surface area contributed by atoms with Crippen LogP contribution in [0.25, 0.3) is 0 Å². The number of pyridine rings is 1. The third kappa shape index (κ3) is 5.83. The van der Waals surface area contributed by atoms with E-state index in [1.807, 2.05) is 23.6 Å². The topological polar surface area (TPSA) is 106 Å². The van der Waals surface area contributed by atoms with E-state index in [2.05, 4.69) is 25.6 Å². The van der Waals surface area contributed by atoms with Crippen molar-refractivity contribution in [1.29, 1.82) is 0 Å². The number of hydrogen-bond acceptors (Lipinski definition) is 9. The van der Waals surface area contributed by atoms with Crippen LogP contribution in [-0.2, 0) is 27.2 Å². The average molecular weight is 403 g/mol. The molecule has 10 heteroatoms. The van der Waals surface area contributed by atoms with E-state index >= 15 is 0 Å². The number of carbonyl (C=O) groups is 2. The minimum Gasteiger partial charge on any atom is -0.466 e. The standard InChI is InChI=1S/C17H17N5O3S2/c1-2-25-15(24)8-12-10-27-17(20-12)22-14(23)7-11-9-26-16(19-11)21-13-5-3-4-6-18-13/h3-6,9-10H,2,7-8H2,1H3,(H,18,19,21)(H,20,22,23). The molecule has 8 nitrogen and oxygen atoms in total. The van der Waals surface area contributed by atoms with Gasteiger partial charge in [-0.05, 0) is 19.1 Å². The Kier molecular flexibility index (Phi) is 6.44. The molecule has 0 aliphatic rings. The summed E-state index contributed by atoms with van der Waals surface area (Å²) in [5.74, 6) is 0.137. The van der Waals surface area contributed by atoms with E-state index in [0.717, 1.165) is 0 Å². The molecule has 0 aromatic carbocycles. The highest BCUT2D eigenvalue weighted by Gasteiger charge is 2.12. The van der Waals surface area contributed by atoms with Gasteiger partial charge in [-0.3, -0.25) is 9.59 Å². The zero-order valence-corrected chi connectivity index (χ0v) is 16.1. The Balaban J connectivity index is 1.51. The number of esters is 1. The lowest BCUT2D eigenvalue weighted by Gasteiger charge is -2.01. The lowest BCUT2D eigenvalue weighted by molar-refractivity contribution is -0.142. The number of carbonyl (C=O) groups excluding carboxylic acids is 2. The van der Waals surface area contributed by atoms with Gasteiger partial charge in [0.2, 0.25) is 5.91 Å². The maximum absolute atomic E-state index is 12.2. The number of nitrogens with one attached hydrogen (secondary N) is 2. The van der Waals surface area contributed by atoms with Crippen LogP contribution in [0.15, 0.2) is 35.2 Å². The summed E-state index contributed by atoms with van der Waals surface area (Å²) in [5.41, 5.74) is 1.23. The lowest BCUT2D eigenvalue weighted by atomic mass is 10.3. The second-order valence-corrected chi connectivity index (χ2v) is 7.05. The first-order valence-electron chi connectivity index (χ1n) is 8.14. The fourth-order valence-electron chi connectivity index (χ4n) is 2.13. The monoisotopic (exact) mass is 403 g/mol. The van der Waals surface area contributed by atoms with Crippen LogP contribution < -0.4 is 10.6 Å². The van der Waals surface area contributed by atoms with Gasteiger partial charge in [0.05, 0.1) is 30.8 Å². The molecule has 0 aliphatic heterocycles. The fourth-order valence-corrected chi connectivity index (χ4v) is 3.57. The molecule has 0 unspecified atom stereocenters. The van der Waals surface area contributed by atoms with Crippen molar-refractivity contribution < 1.29 is 14.3 Å². The van der Waals surface area contributed by atoms with Crippen molar-refractivity contribution in [2.24, 2.45) is 0 Å². The summed E-state index contributed by atoms with van der Waals surface area (Å²) in [6.07, 6.45) is 1.91. The molecule has 0 radical (unpaired) electrons. The second kappa shape index (κ2) is 9.19. The third-order valence-corrected chi connectivity index (χ3v) is 4.84. The summed E-state index contributed by atoms with van der Waals surface area (Å²) in [4.78, 5) is 36.4. The number of thiazole rings is 2. The van der Waals surface area contributed by atoms with Gasteiger partial charge in [0, 0.05) is 17.0 Å². The highest BCUT2D eigenvalue weighted by atomic mass is 32.1. The SMILES string of the molecule is CCOC(=O)Cc1csc(NC(=O)Cc2csc(Nc3ccccn3)n2)n1. The molecule has 27 heavy (non-hydrogen) atoms. The van der Waals surface area contributed by atoms with Crippen molar-refractivity contribution in [1.82, 2.24) is 15.0 Å². The van der Waals surface area contributed by atoms with E-state index in [1.165, 1.54) is 22.7 Å². The fraction of sp³-hybridized carbons (Fsp3) is 0.235. The van der Waals surface area contributed by atoms with Crippen LogP contribution in [0.5, 0.6) is 0 Å². The van der Waals surface area contributed by atoms with E-state index in [9.17, 15) is 9.59 Å². The van der Waals surface area contributed by atoms with Crippen molar-refractivity contribution >= 4 is 50.6 Å². The van der Waals surface area contributed by atoms with Crippen LogP contribution in [0.3, 0.4) is 0 Å². The highest BCUT2D eigenvalue weighted by Crippen LogP contribution is 2.21. The summed E-state index contributed by atoms with van der Waals surface area (Å²) < 4.78 is 4.88. The summed E-state index contributed by atoms with van der Waals surface area (Å²) in [6.45, 7) is 2.08. The molecule has 0 bridgehead atoms. The predicted octanol–water partition coefficient (Wildman–Crippen LogP) is 3.03. The Morgan fingerprint density at radius 2 is 1.81 bits per heavy atom. The highest BCUT2D eigenvalue weighted by molar-refractivity contribution is 7.14. The Hall–Kier alpha value is -2.85. The molecular weight excluding hydrogens is 386 g/mol. The zero-order chi connectivity index (χ0) is 19.1. The molecule has 0 fully saturated rings. The van der Waals surface area contributed by atoms with Crippen LogP contribution in [0.1, 0.15) is 18.3 Å². The molecule has 2 N–H and O–H groups in total. The molecule has 0 aliphatic carbocycles. The van der Waals surface area contributed by atoms with Crippen LogP contribution in [0, 0.1) is 0 Å². The molecule has 0 saturated heterocycles. The Morgan fingerprint density at radius 1 is 1.07 bits per heavy atom. The zero-order valence-electron chi connectivity index (χ0n) is 14.5. The number of hydrogen-bond donors (Lipinski definition) is 2. The molecule has 3 rings (SSSR count). The number of nitrogens with zero attached hydrogens (tertiary/aromatic N) is 3. The first-order valence-corrected chi connectivity index (χ1v) is 9.90. The normalized spacial score (nSPS) is 10.4. The summed E-state index contributed by atoms with van der Waals surface area (Å²) >= 11 is 2.67. The van der Waals surface area contributed by atoms with Gasteiger partial charge in [-0.15, -0.1) is 22.7 Å². The predicted molar refractivity (Wildman–Crippen MR) is 104 cm³/mol. The minimum atomic E-state index is -0.337. The van der Waals surface area contributed by atoms with Gasteiger partial charge in [0.25, 0.3) is 0 Å². The van der Waals surface area contributed by atoms with Crippen molar-refractivity contribution in [3.05, 3.63) is 46.5 Å². The molecule has 140 valence electrons. The smallest absolute Gasteiger partial charge is 0.311 e. The number of ether oxygens (including phenoxy) is 1. The van der Waals surface area contributed by atoms with E-state index in [4.69, 9.17) is 4.74 Å². The van der Waals surface area contributed by atoms with Gasteiger partial charge < -0.3 is 15.4 Å². The first-order chi connectivity index (χ1) is 13.1. The molecule has 3 heterocycles. The minimum absolute atomic E-state index is 0.0921. The van der Waals surface area contributed by atoms with Gasteiger partial charge in [0.1, 0.15) is 5.82 Å². The maximum Gasteiger partial charge on any atom is 0.311 e. The number of amides is 1. The van der Waals surface area contributed by atoms with Crippen LogP contribution >= 0.6 is 22.7 Å². The molecule has 3 aromatic heterocycles. The largest absolute Gasteiger partial charge is 0.466 e. The van der Waals surface area contributed by atoms with E-state index < -0.39 is 0 Å². The van der Waals surface area contributed by atoms with Gasteiger partial charge in [-0.1, -0.05) is 6.07 Å². The van der Waals surface area contributed by atoms with Crippen LogP contribution in [-0.4, -0.2) is 33.4 Å². The average Bonchev–Trinajstić information content (AvgIpc) is 3.25. The molecule has 1 amide bonds. The van der Waals surface area contributed by atoms with Gasteiger partial charge in [-0.2, -0.15) is 0 Å². The quantitative estimate of drug-likeness (QED) is 0.557. The maximum atomic E-state index is 12.2. The summed E-state index contributed by atoms with van der Waals surface area (Å²) in [7, 11) is 0. The molecular formula is C17H17N5O3S2. The van der Waals surface area contributed by atoms with Gasteiger partial charge in [0.15, 0.2) is 10.3 Å². The lowest BCUT2D eigenvalue weighted by Crippen LogP contribution is -2.14.